The Kier molecular flexibility index (Phi) is 4.18. The molecule has 1 aliphatic rings. The van der Waals surface area contributed by atoms with Crippen molar-refractivity contribution in [2.75, 3.05) is 19.6 Å². The molecule has 0 radical (unpaired) electrons. The zero-order chi connectivity index (χ0) is 15.4. The number of aromatic nitrogens is 1. The largest absolute Gasteiger partial charge is 0.387 e. The van der Waals surface area contributed by atoms with Crippen molar-refractivity contribution in [1.82, 2.24) is 15.6 Å². The fourth-order valence-corrected chi connectivity index (χ4v) is 2.61. The van der Waals surface area contributed by atoms with Crippen LogP contribution in [-0.2, 0) is 0 Å². The van der Waals surface area contributed by atoms with E-state index in [9.17, 15) is 9.90 Å². The van der Waals surface area contributed by atoms with Crippen molar-refractivity contribution in [2.24, 2.45) is 0 Å². The molecular weight excluding hydrogens is 278 g/mol. The summed E-state index contributed by atoms with van der Waals surface area (Å²) in [6.45, 7) is 1.56. The Hall–Kier alpha value is -2.24. The summed E-state index contributed by atoms with van der Waals surface area (Å²) in [6.07, 6.45) is 4.11. The summed E-state index contributed by atoms with van der Waals surface area (Å²) >= 11 is 0. The molecule has 2 aromatic rings. The summed E-state index contributed by atoms with van der Waals surface area (Å²) in [5.41, 5.74) is 1.74. The van der Waals surface area contributed by atoms with Gasteiger partial charge in [0.25, 0.3) is 5.91 Å². The molecule has 3 N–H and O–H groups in total. The summed E-state index contributed by atoms with van der Waals surface area (Å²) in [7, 11) is 0. The summed E-state index contributed by atoms with van der Waals surface area (Å²) in [5, 5.41) is 16.2. The third-order valence-electron chi connectivity index (χ3n) is 3.94. The Morgan fingerprint density at radius 3 is 2.82 bits per heavy atom. The number of amides is 1. The molecule has 0 saturated carbocycles. The van der Waals surface area contributed by atoms with Gasteiger partial charge in [0.05, 0.1) is 5.60 Å². The lowest BCUT2D eigenvalue weighted by atomic mass is 10.0. The first kappa shape index (κ1) is 14.7. The van der Waals surface area contributed by atoms with Crippen LogP contribution in [-0.4, -0.2) is 41.2 Å². The molecule has 5 nitrogen and oxygen atoms in total. The molecule has 0 aliphatic carbocycles. The number of pyridine rings is 1. The second-order valence-electron chi connectivity index (χ2n) is 5.65. The summed E-state index contributed by atoms with van der Waals surface area (Å²) in [6, 6.07) is 11.3. The summed E-state index contributed by atoms with van der Waals surface area (Å²) < 4.78 is 0. The molecule has 1 amide bonds. The maximum atomic E-state index is 12.3. The minimum absolute atomic E-state index is 0.170. The van der Waals surface area contributed by atoms with E-state index in [0.717, 1.165) is 17.7 Å². The highest BCUT2D eigenvalue weighted by Gasteiger charge is 2.31. The van der Waals surface area contributed by atoms with Crippen LogP contribution in [0.5, 0.6) is 0 Å². The van der Waals surface area contributed by atoms with Crippen molar-refractivity contribution < 1.29 is 9.90 Å². The first-order valence-corrected chi connectivity index (χ1v) is 7.38. The first-order valence-electron chi connectivity index (χ1n) is 7.38. The van der Waals surface area contributed by atoms with Crippen molar-refractivity contribution >= 4 is 5.91 Å². The van der Waals surface area contributed by atoms with Crippen LogP contribution in [0.15, 0.2) is 48.8 Å². The van der Waals surface area contributed by atoms with E-state index in [4.69, 9.17) is 0 Å². The normalized spacial score (nSPS) is 20.8. The highest BCUT2D eigenvalue weighted by Crippen LogP contribution is 2.19. The van der Waals surface area contributed by atoms with E-state index in [0.29, 0.717) is 18.5 Å². The highest BCUT2D eigenvalue weighted by atomic mass is 16.3. The third kappa shape index (κ3) is 3.32. The van der Waals surface area contributed by atoms with Gasteiger partial charge in [0.1, 0.15) is 0 Å². The maximum absolute atomic E-state index is 12.3. The topological polar surface area (TPSA) is 74.2 Å². The van der Waals surface area contributed by atoms with Crippen LogP contribution >= 0.6 is 0 Å². The molecule has 114 valence electrons. The number of hydrogen-bond acceptors (Lipinski definition) is 4. The first-order chi connectivity index (χ1) is 10.7. The average Bonchev–Trinajstić information content (AvgIpc) is 3.01. The number of hydrogen-bond donors (Lipinski definition) is 3. The van der Waals surface area contributed by atoms with Crippen LogP contribution in [0, 0.1) is 0 Å². The van der Waals surface area contributed by atoms with E-state index in [1.54, 1.807) is 18.5 Å². The number of β-amino-alcohol motifs (C(OH)–C–C–N with tert-alkyl or cyclic N) is 1. The van der Waals surface area contributed by atoms with E-state index in [-0.39, 0.29) is 12.5 Å². The summed E-state index contributed by atoms with van der Waals surface area (Å²) in [4.78, 5) is 16.3. The van der Waals surface area contributed by atoms with Crippen LogP contribution in [0.1, 0.15) is 16.8 Å². The molecule has 1 fully saturated rings. The van der Waals surface area contributed by atoms with Crippen LogP contribution in [0.3, 0.4) is 0 Å². The fraction of sp³-hybridized carbons (Fsp3) is 0.294. The van der Waals surface area contributed by atoms with Crippen molar-refractivity contribution in [3.8, 4) is 11.1 Å². The van der Waals surface area contributed by atoms with E-state index >= 15 is 0 Å². The predicted octanol–water partition coefficient (Wildman–Crippen LogP) is 1.20. The van der Waals surface area contributed by atoms with Crippen molar-refractivity contribution in [1.29, 1.82) is 0 Å². The van der Waals surface area contributed by atoms with Crippen LogP contribution in [0.4, 0.5) is 0 Å². The number of rotatable bonds is 4. The Labute approximate surface area is 129 Å². The molecule has 5 heteroatoms. The van der Waals surface area contributed by atoms with E-state index in [2.05, 4.69) is 15.6 Å². The predicted molar refractivity (Wildman–Crippen MR) is 84.4 cm³/mol. The van der Waals surface area contributed by atoms with Gasteiger partial charge in [-0.25, -0.2) is 0 Å². The number of carbonyl (C=O) groups is 1. The molecule has 0 bridgehead atoms. The average molecular weight is 297 g/mol. The second kappa shape index (κ2) is 6.25. The minimum Gasteiger partial charge on any atom is -0.387 e. The number of benzene rings is 1. The molecule has 1 saturated heterocycles. The molecular formula is C17H19N3O2. The van der Waals surface area contributed by atoms with Crippen LogP contribution < -0.4 is 10.6 Å². The SMILES string of the molecule is O=C(NC[C@@]1(O)CCNC1)c1cccc(-c2ccncc2)c1. The lowest BCUT2D eigenvalue weighted by Gasteiger charge is -2.21. The Balaban J connectivity index is 1.70. The molecule has 22 heavy (non-hydrogen) atoms. The van der Waals surface area contributed by atoms with E-state index < -0.39 is 5.60 Å². The lowest BCUT2D eigenvalue weighted by molar-refractivity contribution is 0.0562. The van der Waals surface area contributed by atoms with Crippen LogP contribution in [0.2, 0.25) is 0 Å². The van der Waals surface area contributed by atoms with Crippen molar-refractivity contribution in [3.63, 3.8) is 0 Å². The Morgan fingerprint density at radius 2 is 2.09 bits per heavy atom. The monoisotopic (exact) mass is 297 g/mol. The quantitative estimate of drug-likeness (QED) is 0.793. The number of nitrogens with zero attached hydrogens (tertiary/aromatic N) is 1. The van der Waals surface area contributed by atoms with Gasteiger partial charge in [-0.2, -0.15) is 0 Å². The zero-order valence-electron chi connectivity index (χ0n) is 12.2. The smallest absolute Gasteiger partial charge is 0.251 e. The maximum Gasteiger partial charge on any atom is 0.251 e. The van der Waals surface area contributed by atoms with Gasteiger partial charge in [0.2, 0.25) is 0 Å². The highest BCUT2D eigenvalue weighted by molar-refractivity contribution is 5.95. The van der Waals surface area contributed by atoms with Gasteiger partial charge < -0.3 is 15.7 Å². The van der Waals surface area contributed by atoms with Gasteiger partial charge in [0.15, 0.2) is 0 Å². The van der Waals surface area contributed by atoms with Crippen LogP contribution in [0.25, 0.3) is 11.1 Å². The third-order valence-corrected chi connectivity index (χ3v) is 3.94. The lowest BCUT2D eigenvalue weighted by Crippen LogP contribution is -2.44. The van der Waals surface area contributed by atoms with Gasteiger partial charge in [0, 0.05) is 31.0 Å². The van der Waals surface area contributed by atoms with Crippen molar-refractivity contribution in [3.05, 3.63) is 54.4 Å². The van der Waals surface area contributed by atoms with Gasteiger partial charge in [-0.15, -0.1) is 0 Å². The number of carbonyl (C=O) groups excluding carboxylic acids is 1. The standard InChI is InChI=1S/C17H19N3O2/c21-16(20-12-17(22)6-9-19-11-17)15-3-1-2-14(10-15)13-4-7-18-8-5-13/h1-5,7-8,10,19,22H,6,9,11-12H2,(H,20,21)/t17-/m1/s1. The van der Waals surface area contributed by atoms with Gasteiger partial charge in [-0.05, 0) is 48.4 Å². The second-order valence-corrected chi connectivity index (χ2v) is 5.65. The van der Waals surface area contributed by atoms with E-state index in [1.807, 2.05) is 30.3 Å². The van der Waals surface area contributed by atoms with Gasteiger partial charge in [-0.3, -0.25) is 9.78 Å². The molecule has 2 heterocycles. The number of nitrogens with one attached hydrogen (secondary N) is 2. The van der Waals surface area contributed by atoms with Gasteiger partial charge in [-0.1, -0.05) is 12.1 Å². The Bertz CT molecular complexity index is 652. The van der Waals surface area contributed by atoms with Gasteiger partial charge >= 0.3 is 0 Å². The molecule has 1 aromatic carbocycles. The van der Waals surface area contributed by atoms with Crippen molar-refractivity contribution in [2.45, 2.75) is 12.0 Å². The number of aliphatic hydroxyl groups is 1. The molecule has 1 aromatic heterocycles. The molecule has 3 rings (SSSR count). The zero-order valence-corrected chi connectivity index (χ0v) is 12.2. The molecule has 1 atom stereocenters. The molecule has 0 unspecified atom stereocenters. The Morgan fingerprint density at radius 1 is 1.27 bits per heavy atom. The molecule has 1 aliphatic heterocycles. The van der Waals surface area contributed by atoms with E-state index in [1.165, 1.54) is 0 Å². The fourth-order valence-electron chi connectivity index (χ4n) is 2.61. The summed E-state index contributed by atoms with van der Waals surface area (Å²) in [5.74, 6) is -0.170. The minimum atomic E-state index is -0.835. The molecule has 0 spiro atoms.